The van der Waals surface area contributed by atoms with Crippen LogP contribution >= 0.6 is 0 Å². The zero-order chi connectivity index (χ0) is 33.2. The molecule has 0 bridgehead atoms. The number of hydrogen-bond acceptors (Lipinski definition) is 16. The molecule has 1 saturated carbocycles. The van der Waals surface area contributed by atoms with Crippen LogP contribution in [0.3, 0.4) is 0 Å². The van der Waals surface area contributed by atoms with Gasteiger partial charge in [-0.3, -0.25) is 19.1 Å². The number of nitrogens with two attached hydrogens (primary N) is 4. The number of aliphatic hydroxyl groups excluding tert-OH is 5. The van der Waals surface area contributed by atoms with Gasteiger partial charge in [-0.1, -0.05) is 0 Å². The normalized spacial score (nSPS) is 40.4. The minimum atomic E-state index is -1.41. The summed E-state index contributed by atoms with van der Waals surface area (Å²) in [5.41, 5.74) is 22.9. The molecular weight excluding hydrogens is 600 g/mol. The largest absolute Gasteiger partial charge is 0.390 e. The molecule has 1 amide bonds. The molecule has 4 rings (SSSR count). The molecule has 3 fully saturated rings. The molecule has 16 N–H and O–H groups in total. The number of aryl methyl sites for hydroxylation is 1. The Bertz CT molecular complexity index is 1270. The maximum atomic E-state index is 12.7. The van der Waals surface area contributed by atoms with Crippen LogP contribution in [0.15, 0.2) is 15.8 Å². The molecule has 2 saturated heterocycles. The first-order valence-corrected chi connectivity index (χ1v) is 14.9. The number of H-pyrrole nitrogens is 1. The number of carbonyl (C=O) groups excluding carboxylic acids is 1. The van der Waals surface area contributed by atoms with Crippen LogP contribution in [-0.4, -0.2) is 140 Å². The van der Waals surface area contributed by atoms with Gasteiger partial charge in [-0.05, 0) is 26.3 Å². The molecule has 45 heavy (non-hydrogen) atoms. The van der Waals surface area contributed by atoms with Gasteiger partial charge in [0.1, 0.15) is 24.5 Å². The zero-order valence-electron chi connectivity index (χ0n) is 24.8. The van der Waals surface area contributed by atoms with E-state index in [0.717, 1.165) is 4.57 Å². The Hall–Kier alpha value is -2.37. The van der Waals surface area contributed by atoms with E-state index in [0.29, 0.717) is 19.4 Å². The lowest BCUT2D eigenvalue weighted by Gasteiger charge is -2.48. The molecule has 19 heteroatoms. The molecule has 256 valence electrons. The molecule has 0 radical (unpaired) electrons. The third kappa shape index (κ3) is 7.62. The van der Waals surface area contributed by atoms with E-state index in [1.165, 1.54) is 13.1 Å². The van der Waals surface area contributed by atoms with Crippen molar-refractivity contribution in [2.45, 2.75) is 112 Å². The van der Waals surface area contributed by atoms with Crippen LogP contribution in [-0.2, 0) is 19.0 Å². The van der Waals surface area contributed by atoms with Gasteiger partial charge in [-0.25, -0.2) is 4.79 Å². The molecule has 1 aromatic heterocycles. The third-order valence-corrected chi connectivity index (χ3v) is 8.65. The van der Waals surface area contributed by atoms with Crippen molar-refractivity contribution in [3.05, 3.63) is 32.6 Å². The highest BCUT2D eigenvalue weighted by molar-refractivity contribution is 5.81. The van der Waals surface area contributed by atoms with Gasteiger partial charge in [-0.15, -0.1) is 0 Å². The summed E-state index contributed by atoms with van der Waals surface area (Å²) < 4.78 is 18.4. The fraction of sp³-hybridized carbons (Fsp3) is 0.808. The zero-order valence-corrected chi connectivity index (χ0v) is 24.8. The van der Waals surface area contributed by atoms with Gasteiger partial charge in [0.05, 0.1) is 48.6 Å². The minimum Gasteiger partial charge on any atom is -0.390 e. The van der Waals surface area contributed by atoms with Gasteiger partial charge in [0, 0.05) is 31.3 Å². The predicted octanol–water partition coefficient (Wildman–Crippen LogP) is -7.14. The fourth-order valence-corrected chi connectivity index (χ4v) is 5.86. The topological polar surface area (TPSA) is 329 Å². The Kier molecular flexibility index (Phi) is 11.8. The van der Waals surface area contributed by atoms with E-state index in [4.69, 9.17) is 37.1 Å². The maximum Gasteiger partial charge on any atom is 0.330 e. The molecule has 19 nitrogen and oxygen atoms in total. The summed E-state index contributed by atoms with van der Waals surface area (Å²) in [7, 11) is 0. The number of amides is 1. The molecule has 2 aliphatic heterocycles. The number of nitrogens with one attached hydrogen (secondary N) is 3. The number of hydrogen-bond donors (Lipinski definition) is 12. The van der Waals surface area contributed by atoms with Gasteiger partial charge in [0.25, 0.3) is 11.5 Å². The highest BCUT2D eigenvalue weighted by atomic mass is 16.7. The number of aromatic nitrogens is 2. The number of carbonyl (C=O) groups is 1. The van der Waals surface area contributed by atoms with Gasteiger partial charge >= 0.3 is 5.69 Å². The van der Waals surface area contributed by atoms with Crippen molar-refractivity contribution < 1.29 is 44.5 Å². The van der Waals surface area contributed by atoms with Crippen molar-refractivity contribution in [2.24, 2.45) is 22.9 Å². The highest BCUT2D eigenvalue weighted by Crippen LogP contribution is 2.29. The monoisotopic (exact) mass is 646 g/mol. The molecule has 14 atom stereocenters. The van der Waals surface area contributed by atoms with E-state index < -0.39 is 103 Å². The lowest BCUT2D eigenvalue weighted by molar-refractivity contribution is -0.282. The molecule has 3 heterocycles. The first-order valence-electron chi connectivity index (χ1n) is 14.9. The molecule has 1 aromatic rings. The van der Waals surface area contributed by atoms with E-state index in [9.17, 15) is 39.9 Å². The van der Waals surface area contributed by atoms with Crippen LogP contribution < -0.4 is 44.8 Å². The Labute approximate surface area is 257 Å². The van der Waals surface area contributed by atoms with Crippen molar-refractivity contribution >= 4 is 5.91 Å². The Morgan fingerprint density at radius 2 is 1.69 bits per heavy atom. The molecular formula is C26H46N8O11. The number of aliphatic hydroxyl groups is 5. The summed E-state index contributed by atoms with van der Waals surface area (Å²) in [6.07, 6.45) is -9.75. The Balaban J connectivity index is 1.27. The van der Waals surface area contributed by atoms with Crippen molar-refractivity contribution in [1.82, 2.24) is 20.2 Å². The second-order valence-corrected chi connectivity index (χ2v) is 11.8. The number of aromatic amines is 1. The maximum absolute atomic E-state index is 12.7. The first kappa shape index (κ1) is 35.5. The second kappa shape index (κ2) is 15.0. The van der Waals surface area contributed by atoms with Crippen molar-refractivity contribution in [1.29, 1.82) is 0 Å². The third-order valence-electron chi connectivity index (χ3n) is 8.65. The quantitative estimate of drug-likeness (QED) is 0.0993. The van der Waals surface area contributed by atoms with Crippen LogP contribution in [0.4, 0.5) is 0 Å². The van der Waals surface area contributed by atoms with Crippen LogP contribution in [0.2, 0.25) is 0 Å². The van der Waals surface area contributed by atoms with Gasteiger partial charge in [0.15, 0.2) is 12.4 Å². The number of ether oxygens (including phenoxy) is 3. The van der Waals surface area contributed by atoms with Gasteiger partial charge in [-0.2, -0.15) is 0 Å². The summed E-state index contributed by atoms with van der Waals surface area (Å²) in [6.45, 7) is 1.90. The van der Waals surface area contributed by atoms with Gasteiger partial charge < -0.3 is 73.3 Å². The van der Waals surface area contributed by atoms with E-state index >= 15 is 0 Å². The molecule has 3 aliphatic rings. The average molecular weight is 647 g/mol. The van der Waals surface area contributed by atoms with Crippen molar-refractivity contribution in [3.63, 3.8) is 0 Å². The SMILES string of the molecule is Cc1cn([C@H]2C[C@H](O)[C@@H](C(=O)NCCCCN[C@@H]3[C@@H](O)[C@H](N)[C@@H](O)[C@H](N)[C@H]3O[C@H]3O[C@H](CN)[C@@H](O)[C@H](O)[C@H]3N)O2)c(=O)[nH]c1=O. The lowest BCUT2D eigenvalue weighted by Crippen LogP contribution is -2.74. The van der Waals surface area contributed by atoms with E-state index in [2.05, 4.69) is 15.6 Å². The molecule has 1 aliphatic carbocycles. The van der Waals surface area contributed by atoms with Crippen LogP contribution in [0.1, 0.15) is 31.1 Å². The second-order valence-electron chi connectivity index (χ2n) is 11.8. The summed E-state index contributed by atoms with van der Waals surface area (Å²) in [5.74, 6) is -0.568. The van der Waals surface area contributed by atoms with E-state index in [1.54, 1.807) is 0 Å². The van der Waals surface area contributed by atoms with Gasteiger partial charge in [0.2, 0.25) is 0 Å². The van der Waals surface area contributed by atoms with E-state index in [1.807, 2.05) is 0 Å². The van der Waals surface area contributed by atoms with Crippen LogP contribution in [0.25, 0.3) is 0 Å². The lowest BCUT2D eigenvalue weighted by atomic mass is 9.80. The Morgan fingerprint density at radius 1 is 1.00 bits per heavy atom. The smallest absolute Gasteiger partial charge is 0.330 e. The number of unbranched alkanes of at least 4 members (excludes halogenated alkanes) is 1. The van der Waals surface area contributed by atoms with Crippen molar-refractivity contribution in [3.8, 4) is 0 Å². The molecule has 0 unspecified atom stereocenters. The predicted molar refractivity (Wildman–Crippen MR) is 155 cm³/mol. The first-order chi connectivity index (χ1) is 21.3. The standard InChI is InChI=1S/C26H46N8O11/c1-9-8-34(26(42)33-23(9)40)12-6-10(35)21(44-12)24(41)32-5-3-2-4-31-16-19(38)13(28)18(37)14(29)22(16)45-25-15(30)20(39)17(36)11(7-27)43-25/h8,10-22,25,31,35-39H,2-7,27-30H2,1H3,(H,32,41)(H,33,40,42)/t10-,11+,12+,13+,14-,15+,16+,17+,18+,19-,20+,21-,22+,25+/m0/s1. The number of rotatable bonds is 11. The summed E-state index contributed by atoms with van der Waals surface area (Å²) in [4.78, 5) is 38.6. The average Bonchev–Trinajstić information content (AvgIpc) is 3.40. The summed E-state index contributed by atoms with van der Waals surface area (Å²) in [5, 5.41) is 58.0. The highest BCUT2D eigenvalue weighted by Gasteiger charge is 2.51. The Morgan fingerprint density at radius 3 is 2.38 bits per heavy atom. The van der Waals surface area contributed by atoms with Crippen LogP contribution in [0, 0.1) is 6.92 Å². The molecule has 0 spiro atoms. The van der Waals surface area contributed by atoms with E-state index in [-0.39, 0.29) is 25.1 Å². The fourth-order valence-electron chi connectivity index (χ4n) is 5.86. The van der Waals surface area contributed by atoms with Crippen LogP contribution in [0.5, 0.6) is 0 Å². The number of nitrogens with zero attached hydrogens (tertiary/aromatic N) is 1. The summed E-state index contributed by atoms with van der Waals surface area (Å²) in [6, 6.07) is -4.24. The minimum absolute atomic E-state index is 0.0253. The van der Waals surface area contributed by atoms with Crippen molar-refractivity contribution in [2.75, 3.05) is 19.6 Å². The molecule has 0 aromatic carbocycles. The summed E-state index contributed by atoms with van der Waals surface area (Å²) >= 11 is 0.